The number of aromatic amines is 1. The van der Waals surface area contributed by atoms with Crippen LogP contribution in [0.25, 0.3) is 11.0 Å². The standard InChI is InChI=1S/C32H26Cl2F4N4O3/c1-14-23(28-39-21-11-9-18(29(43)45-2)25(27(21)41-28)32(36,37)38)24(17-4-3-5-20(34)26(17)35)31(42(14)13-15-6-7-15)19-10-8-16(33)12-22(19)40-30(31)44/h3-5,8-12,14-15,23-24H,6-7,13H2,1-2H3,(H,39,41)(H,40,44)/t14-,23+,24-,31+/m0/s1. The fraction of sp³-hybridized carbons (Fsp3) is 0.344. The lowest BCUT2D eigenvalue weighted by atomic mass is 9.71. The summed E-state index contributed by atoms with van der Waals surface area (Å²) in [7, 11) is 0.999. The maximum atomic E-state index is 16.1. The van der Waals surface area contributed by atoms with Gasteiger partial charge in [0.1, 0.15) is 22.7 Å². The number of carbonyl (C=O) groups is 2. The van der Waals surface area contributed by atoms with E-state index < -0.39 is 63.9 Å². The Bertz CT molecular complexity index is 1890. The van der Waals surface area contributed by atoms with Crippen LogP contribution in [-0.2, 0) is 21.2 Å². The van der Waals surface area contributed by atoms with Crippen LogP contribution in [0.15, 0.2) is 48.5 Å². The molecule has 2 aliphatic heterocycles. The third-order valence-electron chi connectivity index (χ3n) is 9.41. The molecule has 45 heavy (non-hydrogen) atoms. The Balaban J connectivity index is 1.52. The number of anilines is 1. The number of hydrogen-bond acceptors (Lipinski definition) is 5. The van der Waals surface area contributed by atoms with Gasteiger partial charge in [0.15, 0.2) is 0 Å². The predicted octanol–water partition coefficient (Wildman–Crippen LogP) is 7.64. The molecule has 4 atom stereocenters. The molecule has 3 heterocycles. The monoisotopic (exact) mass is 660 g/mol. The first-order chi connectivity index (χ1) is 21.4. The van der Waals surface area contributed by atoms with Gasteiger partial charge in [-0.3, -0.25) is 9.69 Å². The third-order valence-corrected chi connectivity index (χ3v) is 9.93. The van der Waals surface area contributed by atoms with E-state index in [4.69, 9.17) is 23.2 Å². The predicted molar refractivity (Wildman–Crippen MR) is 160 cm³/mol. The van der Waals surface area contributed by atoms with E-state index in [1.54, 1.807) is 30.3 Å². The van der Waals surface area contributed by atoms with Crippen LogP contribution in [0, 0.1) is 11.7 Å². The number of alkyl halides is 3. The lowest BCUT2D eigenvalue weighted by Crippen LogP contribution is -2.52. The molecule has 0 bridgehead atoms. The number of likely N-dealkylation sites (tertiary alicyclic amines) is 1. The molecule has 1 saturated heterocycles. The van der Waals surface area contributed by atoms with Crippen LogP contribution >= 0.6 is 23.2 Å². The fourth-order valence-electron chi connectivity index (χ4n) is 7.39. The largest absolute Gasteiger partial charge is 0.465 e. The highest BCUT2D eigenvalue weighted by atomic mass is 35.5. The first kappa shape index (κ1) is 30.0. The van der Waals surface area contributed by atoms with E-state index in [9.17, 15) is 22.8 Å². The van der Waals surface area contributed by atoms with Crippen molar-refractivity contribution < 1.29 is 31.9 Å². The summed E-state index contributed by atoms with van der Waals surface area (Å²) in [5.74, 6) is -3.70. The molecule has 2 N–H and O–H groups in total. The molecule has 0 radical (unpaired) electrons. The lowest BCUT2D eigenvalue weighted by Gasteiger charge is -2.39. The first-order valence-electron chi connectivity index (χ1n) is 14.4. The number of carbonyl (C=O) groups excluding carboxylic acids is 2. The van der Waals surface area contributed by atoms with Crippen LogP contribution in [0.5, 0.6) is 0 Å². The normalized spacial score (nSPS) is 24.8. The number of esters is 1. The summed E-state index contributed by atoms with van der Waals surface area (Å²) in [6.45, 7) is 2.36. The quantitative estimate of drug-likeness (QED) is 0.170. The minimum absolute atomic E-state index is 0.0280. The summed E-state index contributed by atoms with van der Waals surface area (Å²) < 4.78 is 64.2. The summed E-state index contributed by atoms with van der Waals surface area (Å²) in [5, 5.41) is 3.19. The van der Waals surface area contributed by atoms with Crippen LogP contribution in [0.1, 0.15) is 64.5 Å². The molecule has 1 aromatic heterocycles. The fourth-order valence-corrected chi connectivity index (χ4v) is 7.75. The second kappa shape index (κ2) is 10.4. The van der Waals surface area contributed by atoms with E-state index in [1.807, 2.05) is 11.8 Å². The average Bonchev–Trinajstić information content (AvgIpc) is 3.56. The maximum absolute atomic E-state index is 16.1. The number of benzene rings is 3. The number of ether oxygens (including phenoxy) is 1. The zero-order chi connectivity index (χ0) is 32.0. The Morgan fingerprint density at radius 3 is 2.60 bits per heavy atom. The highest BCUT2D eigenvalue weighted by Gasteiger charge is 2.67. The molecular weight excluding hydrogens is 635 g/mol. The molecule has 1 amide bonds. The Morgan fingerprint density at radius 2 is 1.91 bits per heavy atom. The van der Waals surface area contributed by atoms with Crippen LogP contribution < -0.4 is 5.32 Å². The van der Waals surface area contributed by atoms with Crippen molar-refractivity contribution in [1.82, 2.24) is 14.9 Å². The van der Waals surface area contributed by atoms with Gasteiger partial charge >= 0.3 is 12.1 Å². The van der Waals surface area contributed by atoms with E-state index in [1.165, 1.54) is 12.1 Å². The molecule has 1 aliphatic carbocycles. The minimum atomic E-state index is -4.95. The van der Waals surface area contributed by atoms with Gasteiger partial charge in [0, 0.05) is 40.7 Å². The van der Waals surface area contributed by atoms with E-state index in [-0.39, 0.29) is 27.8 Å². The number of nitrogens with zero attached hydrogens (tertiary/aromatic N) is 2. The zero-order valence-electron chi connectivity index (χ0n) is 23.9. The van der Waals surface area contributed by atoms with Crippen molar-refractivity contribution in [3.05, 3.63) is 92.5 Å². The Morgan fingerprint density at radius 1 is 1.16 bits per heavy atom. The molecule has 1 saturated carbocycles. The van der Waals surface area contributed by atoms with Gasteiger partial charge in [-0.25, -0.2) is 14.2 Å². The minimum Gasteiger partial charge on any atom is -0.465 e. The average molecular weight is 661 g/mol. The molecule has 0 unspecified atom stereocenters. The summed E-state index contributed by atoms with van der Waals surface area (Å²) in [6, 6.07) is 11.4. The number of amides is 1. The first-order valence-corrected chi connectivity index (χ1v) is 15.1. The van der Waals surface area contributed by atoms with Crippen molar-refractivity contribution in [3.63, 3.8) is 0 Å². The van der Waals surface area contributed by atoms with Gasteiger partial charge < -0.3 is 15.0 Å². The highest BCUT2D eigenvalue weighted by molar-refractivity contribution is 6.31. The van der Waals surface area contributed by atoms with E-state index in [2.05, 4.69) is 20.0 Å². The molecule has 7 nitrogen and oxygen atoms in total. The Labute approximate surface area is 264 Å². The number of fused-ring (bicyclic) bond motifs is 3. The second-order valence-electron chi connectivity index (χ2n) is 11.9. The molecule has 2 fully saturated rings. The SMILES string of the molecule is COC(=O)c1ccc2[nH]c([C@@H]3[C@H](C)N(CC4CC4)[C@@]4(C(=O)Nc5cc(Cl)ccc54)[C@H]3c3cccc(Cl)c3F)nc2c1C(F)(F)F. The van der Waals surface area contributed by atoms with Gasteiger partial charge in [0.05, 0.1) is 28.8 Å². The number of halogens is 6. The van der Waals surface area contributed by atoms with E-state index in [0.717, 1.165) is 26.0 Å². The van der Waals surface area contributed by atoms with Crippen LogP contribution in [0.2, 0.25) is 10.0 Å². The molecule has 3 aliphatic rings. The molecule has 7 rings (SSSR count). The van der Waals surface area contributed by atoms with Gasteiger partial charge in [-0.15, -0.1) is 0 Å². The van der Waals surface area contributed by atoms with Crippen molar-refractivity contribution in [3.8, 4) is 0 Å². The summed E-state index contributed by atoms with van der Waals surface area (Å²) in [6.07, 6.45) is -3.05. The van der Waals surface area contributed by atoms with Crippen LogP contribution in [0.3, 0.4) is 0 Å². The van der Waals surface area contributed by atoms with Crippen molar-refractivity contribution in [1.29, 1.82) is 0 Å². The van der Waals surface area contributed by atoms with Crippen LogP contribution in [0.4, 0.5) is 23.2 Å². The lowest BCUT2D eigenvalue weighted by molar-refractivity contribution is -0.137. The number of aromatic nitrogens is 2. The van der Waals surface area contributed by atoms with Gasteiger partial charge in [-0.2, -0.15) is 13.2 Å². The van der Waals surface area contributed by atoms with Gasteiger partial charge in [-0.05, 0) is 61.6 Å². The molecule has 13 heteroatoms. The van der Waals surface area contributed by atoms with E-state index >= 15 is 4.39 Å². The topological polar surface area (TPSA) is 87.3 Å². The number of hydrogen-bond donors (Lipinski definition) is 2. The third kappa shape index (κ3) is 4.45. The molecule has 1 spiro atoms. The van der Waals surface area contributed by atoms with Crippen molar-refractivity contribution in [2.75, 3.05) is 19.0 Å². The maximum Gasteiger partial charge on any atom is 0.419 e. The molecular formula is C32H26Cl2F4N4O3. The molecule has 3 aromatic carbocycles. The van der Waals surface area contributed by atoms with Gasteiger partial charge in [-0.1, -0.05) is 41.4 Å². The van der Waals surface area contributed by atoms with Crippen molar-refractivity contribution >= 4 is 51.8 Å². The highest BCUT2D eigenvalue weighted by Crippen LogP contribution is 2.63. The second-order valence-corrected chi connectivity index (χ2v) is 12.7. The smallest absolute Gasteiger partial charge is 0.419 e. The number of rotatable bonds is 5. The molecule has 4 aromatic rings. The number of H-pyrrole nitrogens is 1. The number of nitrogens with one attached hydrogen (secondary N) is 2. The number of methoxy groups -OCH3 is 1. The van der Waals surface area contributed by atoms with Crippen molar-refractivity contribution in [2.24, 2.45) is 5.92 Å². The van der Waals surface area contributed by atoms with E-state index in [0.29, 0.717) is 22.8 Å². The summed E-state index contributed by atoms with van der Waals surface area (Å²) in [5.41, 5.74) is -2.66. The zero-order valence-corrected chi connectivity index (χ0v) is 25.4. The Kier molecular flexibility index (Phi) is 6.96. The van der Waals surface area contributed by atoms with Gasteiger partial charge in [0.2, 0.25) is 5.91 Å². The number of imidazole rings is 1. The van der Waals surface area contributed by atoms with Crippen molar-refractivity contribution in [2.45, 2.75) is 49.4 Å². The van der Waals surface area contributed by atoms with Crippen LogP contribution in [-0.4, -0.2) is 46.4 Å². The molecule has 234 valence electrons. The Hall–Kier alpha value is -3.67. The van der Waals surface area contributed by atoms with Gasteiger partial charge in [0.25, 0.3) is 0 Å². The summed E-state index contributed by atoms with van der Waals surface area (Å²) >= 11 is 12.6. The summed E-state index contributed by atoms with van der Waals surface area (Å²) in [4.78, 5) is 36.3.